The third kappa shape index (κ3) is 2.79. The van der Waals surface area contributed by atoms with Crippen molar-refractivity contribution in [2.24, 2.45) is 5.92 Å². The first-order valence-corrected chi connectivity index (χ1v) is 6.84. The number of hydrogen-bond acceptors (Lipinski definition) is 6. The molecule has 0 aromatic carbocycles. The van der Waals surface area contributed by atoms with E-state index < -0.39 is 5.97 Å². The zero-order valence-electron chi connectivity index (χ0n) is 11.4. The molecule has 8 heteroatoms. The van der Waals surface area contributed by atoms with Gasteiger partial charge in [-0.05, 0) is 6.92 Å². The molecule has 1 aromatic rings. The van der Waals surface area contributed by atoms with Crippen LogP contribution in [0, 0.1) is 12.8 Å². The zero-order valence-corrected chi connectivity index (χ0v) is 12.2. The summed E-state index contributed by atoms with van der Waals surface area (Å²) >= 11 is 1.06. The Morgan fingerprint density at radius 2 is 2.20 bits per heavy atom. The van der Waals surface area contributed by atoms with Crippen molar-refractivity contribution in [1.29, 1.82) is 0 Å². The summed E-state index contributed by atoms with van der Waals surface area (Å²) in [5.41, 5.74) is 0.511. The fourth-order valence-electron chi connectivity index (χ4n) is 1.98. The number of aryl methyl sites for hydroxylation is 1. The maximum atomic E-state index is 12.0. The van der Waals surface area contributed by atoms with E-state index in [2.05, 4.69) is 15.0 Å². The summed E-state index contributed by atoms with van der Waals surface area (Å²) < 4.78 is 4.63. The van der Waals surface area contributed by atoms with Crippen molar-refractivity contribution in [3.05, 3.63) is 10.6 Å². The maximum absolute atomic E-state index is 12.0. The van der Waals surface area contributed by atoms with Crippen molar-refractivity contribution in [2.45, 2.75) is 13.3 Å². The van der Waals surface area contributed by atoms with Crippen LogP contribution in [0.15, 0.2) is 0 Å². The predicted molar refractivity (Wildman–Crippen MR) is 72.6 cm³/mol. The van der Waals surface area contributed by atoms with Gasteiger partial charge in [0.25, 0.3) is 0 Å². The molecule has 1 N–H and O–H groups in total. The van der Waals surface area contributed by atoms with Crippen LogP contribution in [0.4, 0.5) is 5.13 Å². The second-order valence-corrected chi connectivity index (χ2v) is 5.59. The van der Waals surface area contributed by atoms with Crippen LogP contribution in [0.3, 0.4) is 0 Å². The molecule has 0 aliphatic carbocycles. The summed E-state index contributed by atoms with van der Waals surface area (Å²) in [6.07, 6.45) is 0.205. The molecular weight excluding hydrogens is 282 g/mol. The number of carbonyl (C=O) groups is 3. The van der Waals surface area contributed by atoms with Gasteiger partial charge in [0.1, 0.15) is 4.88 Å². The quantitative estimate of drug-likeness (QED) is 0.828. The highest BCUT2D eigenvalue weighted by atomic mass is 32.1. The molecule has 2 heterocycles. The maximum Gasteiger partial charge on any atom is 0.350 e. The Kier molecular flexibility index (Phi) is 4.03. The number of amides is 2. The summed E-state index contributed by atoms with van der Waals surface area (Å²) in [7, 11) is 2.96. The molecule has 1 fully saturated rings. The average molecular weight is 297 g/mol. The van der Waals surface area contributed by atoms with Crippen LogP contribution in [0.5, 0.6) is 0 Å². The van der Waals surface area contributed by atoms with Gasteiger partial charge in [-0.15, -0.1) is 0 Å². The van der Waals surface area contributed by atoms with Crippen molar-refractivity contribution in [3.8, 4) is 0 Å². The summed E-state index contributed by atoms with van der Waals surface area (Å²) in [5, 5.41) is 2.99. The van der Waals surface area contributed by atoms with Crippen molar-refractivity contribution in [2.75, 3.05) is 26.0 Å². The van der Waals surface area contributed by atoms with Crippen molar-refractivity contribution in [3.63, 3.8) is 0 Å². The Balaban J connectivity index is 2.05. The van der Waals surface area contributed by atoms with Gasteiger partial charge in [-0.3, -0.25) is 9.59 Å². The van der Waals surface area contributed by atoms with E-state index in [0.29, 0.717) is 22.2 Å². The molecule has 108 valence electrons. The van der Waals surface area contributed by atoms with E-state index in [-0.39, 0.29) is 24.2 Å². The van der Waals surface area contributed by atoms with Gasteiger partial charge in [0.05, 0.1) is 18.7 Å². The zero-order chi connectivity index (χ0) is 14.9. The molecule has 0 bridgehead atoms. The van der Waals surface area contributed by atoms with Gasteiger partial charge in [0.2, 0.25) is 11.8 Å². The Morgan fingerprint density at radius 3 is 2.75 bits per heavy atom. The van der Waals surface area contributed by atoms with Crippen molar-refractivity contribution >= 4 is 34.3 Å². The number of nitrogens with zero attached hydrogens (tertiary/aromatic N) is 2. The van der Waals surface area contributed by atoms with E-state index in [4.69, 9.17) is 0 Å². The van der Waals surface area contributed by atoms with Gasteiger partial charge in [0.15, 0.2) is 5.13 Å². The molecule has 2 amide bonds. The number of rotatable bonds is 3. The molecular formula is C12H15N3O4S. The first-order valence-electron chi connectivity index (χ1n) is 6.03. The van der Waals surface area contributed by atoms with Gasteiger partial charge < -0.3 is 15.0 Å². The highest BCUT2D eigenvalue weighted by molar-refractivity contribution is 7.17. The predicted octanol–water partition coefficient (Wildman–Crippen LogP) is 0.655. The molecule has 0 spiro atoms. The standard InChI is InChI=1S/C12H15N3O4S/c1-6-9(11(18)19-3)20-12(13-6)14-10(17)7-4-8(16)15(2)5-7/h7H,4-5H2,1-3H3,(H,13,14,17). The van der Waals surface area contributed by atoms with Gasteiger partial charge in [0, 0.05) is 20.0 Å². The molecule has 0 radical (unpaired) electrons. The lowest BCUT2D eigenvalue weighted by atomic mass is 10.1. The number of nitrogens with one attached hydrogen (secondary N) is 1. The Bertz CT molecular complexity index is 569. The highest BCUT2D eigenvalue weighted by Gasteiger charge is 2.32. The lowest BCUT2D eigenvalue weighted by Crippen LogP contribution is -2.25. The lowest BCUT2D eigenvalue weighted by molar-refractivity contribution is -0.127. The Hall–Kier alpha value is -1.96. The van der Waals surface area contributed by atoms with Gasteiger partial charge in [-0.2, -0.15) is 0 Å². The molecule has 20 heavy (non-hydrogen) atoms. The van der Waals surface area contributed by atoms with Crippen molar-refractivity contribution in [1.82, 2.24) is 9.88 Å². The number of thiazole rings is 1. The number of esters is 1. The third-order valence-corrected chi connectivity index (χ3v) is 4.16. The topological polar surface area (TPSA) is 88.6 Å². The molecule has 1 aromatic heterocycles. The first kappa shape index (κ1) is 14.4. The average Bonchev–Trinajstić information content (AvgIpc) is 2.92. The van der Waals surface area contributed by atoms with E-state index in [1.54, 1.807) is 14.0 Å². The van der Waals surface area contributed by atoms with E-state index in [9.17, 15) is 14.4 Å². The number of anilines is 1. The monoisotopic (exact) mass is 297 g/mol. The normalized spacial score (nSPS) is 18.2. The van der Waals surface area contributed by atoms with E-state index in [1.165, 1.54) is 12.0 Å². The third-order valence-electron chi connectivity index (χ3n) is 3.11. The van der Waals surface area contributed by atoms with E-state index in [0.717, 1.165) is 11.3 Å². The summed E-state index contributed by atoms with van der Waals surface area (Å²) in [6.45, 7) is 2.07. The minimum atomic E-state index is -0.476. The van der Waals surface area contributed by atoms with Crippen LogP contribution in [-0.4, -0.2) is 48.4 Å². The van der Waals surface area contributed by atoms with Crippen LogP contribution in [0.1, 0.15) is 21.8 Å². The minimum absolute atomic E-state index is 0.0456. The highest BCUT2D eigenvalue weighted by Crippen LogP contribution is 2.25. The number of hydrogen-bond donors (Lipinski definition) is 1. The molecule has 1 aliphatic rings. The number of carbonyl (C=O) groups excluding carboxylic acids is 3. The fourth-order valence-corrected chi connectivity index (χ4v) is 2.87. The lowest BCUT2D eigenvalue weighted by Gasteiger charge is -2.09. The van der Waals surface area contributed by atoms with Gasteiger partial charge in [-0.25, -0.2) is 9.78 Å². The second kappa shape index (κ2) is 5.58. The summed E-state index contributed by atoms with van der Waals surface area (Å²) in [5.74, 6) is -1.15. The molecule has 7 nitrogen and oxygen atoms in total. The number of aromatic nitrogens is 1. The van der Waals surface area contributed by atoms with Crippen molar-refractivity contribution < 1.29 is 19.1 Å². The van der Waals surface area contributed by atoms with Gasteiger partial charge in [-0.1, -0.05) is 11.3 Å². The summed E-state index contributed by atoms with van der Waals surface area (Å²) in [6, 6.07) is 0. The van der Waals surface area contributed by atoms with Crippen LogP contribution < -0.4 is 5.32 Å². The Labute approximate surface area is 119 Å². The van der Waals surface area contributed by atoms with Crippen LogP contribution in [0.25, 0.3) is 0 Å². The van der Waals surface area contributed by atoms with E-state index >= 15 is 0 Å². The fraction of sp³-hybridized carbons (Fsp3) is 0.500. The number of likely N-dealkylation sites (tertiary alicyclic amines) is 1. The van der Waals surface area contributed by atoms with Crippen LogP contribution >= 0.6 is 11.3 Å². The smallest absolute Gasteiger partial charge is 0.350 e. The molecule has 1 atom stereocenters. The SMILES string of the molecule is COC(=O)c1sc(NC(=O)C2CC(=O)N(C)C2)nc1C. The molecule has 0 saturated carbocycles. The first-order chi connectivity index (χ1) is 9.42. The Morgan fingerprint density at radius 1 is 1.50 bits per heavy atom. The number of ether oxygens (including phenoxy) is 1. The number of methoxy groups -OCH3 is 1. The summed E-state index contributed by atoms with van der Waals surface area (Å²) in [4.78, 5) is 40.9. The molecule has 1 saturated heterocycles. The van der Waals surface area contributed by atoms with Gasteiger partial charge >= 0.3 is 5.97 Å². The molecule has 2 rings (SSSR count). The second-order valence-electron chi connectivity index (χ2n) is 4.59. The minimum Gasteiger partial charge on any atom is -0.465 e. The molecule has 1 aliphatic heterocycles. The largest absolute Gasteiger partial charge is 0.465 e. The van der Waals surface area contributed by atoms with E-state index in [1.807, 2.05) is 0 Å². The molecule has 1 unspecified atom stereocenters. The van der Waals surface area contributed by atoms with Crippen LogP contribution in [-0.2, 0) is 14.3 Å². The van der Waals surface area contributed by atoms with Crippen LogP contribution in [0.2, 0.25) is 0 Å².